The van der Waals surface area contributed by atoms with Crippen molar-refractivity contribution in [2.75, 3.05) is 32.6 Å². The summed E-state index contributed by atoms with van der Waals surface area (Å²) in [5, 5.41) is 10.7. The Balaban J connectivity index is 1.57. The first-order valence-corrected chi connectivity index (χ1v) is 9.23. The van der Waals surface area contributed by atoms with Gasteiger partial charge in [-0.2, -0.15) is 10.1 Å². The highest BCUT2D eigenvalue weighted by atomic mass is 16.5. The molecule has 0 spiro atoms. The minimum absolute atomic E-state index is 0.0860. The van der Waals surface area contributed by atoms with E-state index in [9.17, 15) is 4.79 Å². The van der Waals surface area contributed by atoms with E-state index in [0.29, 0.717) is 36.2 Å². The van der Waals surface area contributed by atoms with E-state index in [2.05, 4.69) is 20.7 Å². The Labute approximate surface area is 159 Å². The number of nitrogens with one attached hydrogen (secondary N) is 2. The summed E-state index contributed by atoms with van der Waals surface area (Å²) in [4.78, 5) is 16.9. The molecule has 1 aromatic carbocycles. The molecule has 0 saturated carbocycles. The zero-order valence-corrected chi connectivity index (χ0v) is 16.1. The standard InChI is InChI=1S/C19H27N5O3/c1-24-19(22-18(23-24)14-8-10-20-11-9-14)21-17(25)7-5-13-4-6-15(26-2)16(12-13)27-3/h4,6,12,14,20H,5,7-11H2,1-3H3,(H,21,22,23,25). The number of aryl methyl sites for hydroxylation is 2. The molecule has 8 nitrogen and oxygen atoms in total. The molecule has 2 N–H and O–H groups in total. The fourth-order valence-electron chi connectivity index (χ4n) is 3.25. The largest absolute Gasteiger partial charge is 0.493 e. The predicted molar refractivity (Wildman–Crippen MR) is 102 cm³/mol. The Hall–Kier alpha value is -2.61. The molecule has 0 unspecified atom stereocenters. The van der Waals surface area contributed by atoms with Gasteiger partial charge in [0.25, 0.3) is 0 Å². The van der Waals surface area contributed by atoms with Crippen molar-refractivity contribution >= 4 is 11.9 Å². The number of nitrogens with zero attached hydrogens (tertiary/aromatic N) is 3. The number of amides is 1. The molecule has 0 aliphatic carbocycles. The van der Waals surface area contributed by atoms with Crippen LogP contribution in [0.25, 0.3) is 0 Å². The van der Waals surface area contributed by atoms with Gasteiger partial charge < -0.3 is 14.8 Å². The summed E-state index contributed by atoms with van der Waals surface area (Å²) >= 11 is 0. The van der Waals surface area contributed by atoms with E-state index < -0.39 is 0 Å². The first-order valence-electron chi connectivity index (χ1n) is 9.23. The van der Waals surface area contributed by atoms with Crippen LogP contribution in [0, 0.1) is 0 Å². The summed E-state index contributed by atoms with van der Waals surface area (Å²) in [5.41, 5.74) is 1.01. The third-order valence-electron chi connectivity index (χ3n) is 4.82. The summed E-state index contributed by atoms with van der Waals surface area (Å²) in [6.45, 7) is 1.96. The summed E-state index contributed by atoms with van der Waals surface area (Å²) in [5.74, 6) is 2.92. The van der Waals surface area contributed by atoms with Crippen LogP contribution in [0.15, 0.2) is 18.2 Å². The maximum atomic E-state index is 12.3. The van der Waals surface area contributed by atoms with Crippen LogP contribution in [0.4, 0.5) is 5.95 Å². The van der Waals surface area contributed by atoms with Crippen molar-refractivity contribution in [3.8, 4) is 11.5 Å². The molecule has 0 bridgehead atoms. The number of aromatic nitrogens is 3. The third kappa shape index (κ3) is 4.77. The van der Waals surface area contributed by atoms with Gasteiger partial charge in [-0.15, -0.1) is 0 Å². The molecule has 1 amide bonds. The number of benzene rings is 1. The zero-order chi connectivity index (χ0) is 19.2. The van der Waals surface area contributed by atoms with Crippen molar-refractivity contribution in [1.82, 2.24) is 20.1 Å². The second-order valence-electron chi connectivity index (χ2n) is 6.68. The van der Waals surface area contributed by atoms with Crippen molar-refractivity contribution < 1.29 is 14.3 Å². The van der Waals surface area contributed by atoms with Gasteiger partial charge in [0.1, 0.15) is 0 Å². The topological polar surface area (TPSA) is 90.3 Å². The van der Waals surface area contributed by atoms with E-state index in [1.54, 1.807) is 18.9 Å². The quantitative estimate of drug-likeness (QED) is 0.770. The number of carbonyl (C=O) groups excluding carboxylic acids is 1. The van der Waals surface area contributed by atoms with Crippen LogP contribution >= 0.6 is 0 Å². The summed E-state index contributed by atoms with van der Waals surface area (Å²) in [6.07, 6.45) is 3.00. The Morgan fingerprint density at radius 1 is 1.26 bits per heavy atom. The lowest BCUT2D eigenvalue weighted by Gasteiger charge is -2.19. The number of ether oxygens (including phenoxy) is 2. The van der Waals surface area contributed by atoms with E-state index in [0.717, 1.165) is 37.3 Å². The highest BCUT2D eigenvalue weighted by molar-refractivity contribution is 5.89. The molecular weight excluding hydrogens is 346 g/mol. The molecule has 1 saturated heterocycles. The molecule has 2 heterocycles. The fraction of sp³-hybridized carbons (Fsp3) is 0.526. The van der Waals surface area contributed by atoms with Gasteiger partial charge in [0.15, 0.2) is 17.3 Å². The lowest BCUT2D eigenvalue weighted by atomic mass is 9.98. The molecule has 3 rings (SSSR count). The Bertz CT molecular complexity index is 784. The van der Waals surface area contributed by atoms with Crippen LogP contribution in [-0.2, 0) is 18.3 Å². The van der Waals surface area contributed by atoms with Crippen LogP contribution < -0.4 is 20.1 Å². The van der Waals surface area contributed by atoms with E-state index in [4.69, 9.17) is 9.47 Å². The Morgan fingerprint density at radius 2 is 2.00 bits per heavy atom. The number of methoxy groups -OCH3 is 2. The van der Waals surface area contributed by atoms with Crippen molar-refractivity contribution in [2.24, 2.45) is 7.05 Å². The number of piperidine rings is 1. The molecule has 8 heteroatoms. The van der Waals surface area contributed by atoms with E-state index >= 15 is 0 Å². The van der Waals surface area contributed by atoms with Crippen LogP contribution in [0.3, 0.4) is 0 Å². The number of hydrogen-bond acceptors (Lipinski definition) is 6. The minimum atomic E-state index is -0.0860. The summed E-state index contributed by atoms with van der Waals surface area (Å²) in [7, 11) is 5.01. The van der Waals surface area contributed by atoms with Gasteiger partial charge in [0, 0.05) is 19.4 Å². The van der Waals surface area contributed by atoms with Gasteiger partial charge in [0.05, 0.1) is 14.2 Å². The van der Waals surface area contributed by atoms with Gasteiger partial charge in [-0.1, -0.05) is 6.07 Å². The highest BCUT2D eigenvalue weighted by Crippen LogP contribution is 2.28. The van der Waals surface area contributed by atoms with Gasteiger partial charge in [-0.05, 0) is 50.0 Å². The molecular formula is C19H27N5O3. The normalized spacial score (nSPS) is 14.8. The fourth-order valence-corrected chi connectivity index (χ4v) is 3.25. The zero-order valence-electron chi connectivity index (χ0n) is 16.1. The molecule has 0 radical (unpaired) electrons. The molecule has 1 fully saturated rings. The van der Waals surface area contributed by atoms with Crippen LogP contribution in [0.5, 0.6) is 11.5 Å². The maximum absolute atomic E-state index is 12.3. The first-order chi connectivity index (χ1) is 13.1. The van der Waals surface area contributed by atoms with Gasteiger partial charge in [-0.3, -0.25) is 10.1 Å². The highest BCUT2D eigenvalue weighted by Gasteiger charge is 2.21. The van der Waals surface area contributed by atoms with Gasteiger partial charge >= 0.3 is 0 Å². The Kier molecular flexibility index (Phi) is 6.28. The molecule has 1 aromatic heterocycles. The minimum Gasteiger partial charge on any atom is -0.493 e. The van der Waals surface area contributed by atoms with Crippen LogP contribution in [0.2, 0.25) is 0 Å². The summed E-state index contributed by atoms with van der Waals surface area (Å²) in [6, 6.07) is 5.68. The number of anilines is 1. The molecule has 2 aromatic rings. The SMILES string of the molecule is COc1ccc(CCC(=O)Nc2nc(C3CCNCC3)nn2C)cc1OC. The second kappa shape index (κ2) is 8.85. The van der Waals surface area contributed by atoms with Gasteiger partial charge in [0.2, 0.25) is 11.9 Å². The monoisotopic (exact) mass is 373 g/mol. The predicted octanol–water partition coefficient (Wildman–Crippen LogP) is 1.87. The molecule has 146 valence electrons. The molecule has 27 heavy (non-hydrogen) atoms. The van der Waals surface area contributed by atoms with Gasteiger partial charge in [-0.25, -0.2) is 4.68 Å². The first kappa shape index (κ1) is 19.2. The maximum Gasteiger partial charge on any atom is 0.227 e. The average Bonchev–Trinajstić information content (AvgIpc) is 3.07. The van der Waals surface area contributed by atoms with Crippen LogP contribution in [0.1, 0.15) is 36.6 Å². The Morgan fingerprint density at radius 3 is 2.70 bits per heavy atom. The van der Waals surface area contributed by atoms with Crippen molar-refractivity contribution in [1.29, 1.82) is 0 Å². The van der Waals surface area contributed by atoms with Crippen molar-refractivity contribution in [3.05, 3.63) is 29.6 Å². The average molecular weight is 373 g/mol. The molecule has 1 aliphatic heterocycles. The number of carbonyl (C=O) groups is 1. The van der Waals surface area contributed by atoms with E-state index in [1.165, 1.54) is 0 Å². The molecule has 1 aliphatic rings. The lowest BCUT2D eigenvalue weighted by molar-refractivity contribution is -0.116. The lowest BCUT2D eigenvalue weighted by Crippen LogP contribution is -2.27. The van der Waals surface area contributed by atoms with Crippen molar-refractivity contribution in [2.45, 2.75) is 31.6 Å². The van der Waals surface area contributed by atoms with Crippen LogP contribution in [-0.4, -0.2) is 48.0 Å². The third-order valence-corrected chi connectivity index (χ3v) is 4.82. The smallest absolute Gasteiger partial charge is 0.227 e. The van der Waals surface area contributed by atoms with Crippen molar-refractivity contribution in [3.63, 3.8) is 0 Å². The molecule has 0 atom stereocenters. The van der Waals surface area contributed by atoms with E-state index in [-0.39, 0.29) is 5.91 Å². The summed E-state index contributed by atoms with van der Waals surface area (Å²) < 4.78 is 12.2. The second-order valence-corrected chi connectivity index (χ2v) is 6.68. The van der Waals surface area contributed by atoms with E-state index in [1.807, 2.05) is 25.2 Å². The number of hydrogen-bond donors (Lipinski definition) is 2. The number of rotatable bonds is 7.